The van der Waals surface area contributed by atoms with E-state index < -0.39 is 10.7 Å². The Balaban J connectivity index is 3.43. The number of nitrogens with zero attached hydrogens (tertiary/aromatic N) is 1. The lowest BCUT2D eigenvalue weighted by Gasteiger charge is -2.05. The van der Waals surface area contributed by atoms with Crippen molar-refractivity contribution in [1.29, 1.82) is 5.26 Å². The third-order valence-corrected chi connectivity index (χ3v) is 1.58. The van der Waals surface area contributed by atoms with E-state index in [2.05, 4.69) is 10.6 Å². The second-order valence-electron chi connectivity index (χ2n) is 2.28. The first-order valence-electron chi connectivity index (χ1n) is 3.77. The maximum absolute atomic E-state index is 10.8. The van der Waals surface area contributed by atoms with Gasteiger partial charge in [0.25, 0.3) is 5.91 Å². The van der Waals surface area contributed by atoms with Crippen LogP contribution in [-0.4, -0.2) is 29.7 Å². The van der Waals surface area contributed by atoms with E-state index in [1.165, 1.54) is 0 Å². The summed E-state index contributed by atoms with van der Waals surface area (Å²) in [6.07, 6.45) is -0.193. The van der Waals surface area contributed by atoms with Crippen LogP contribution in [0.4, 0.5) is 0 Å². The third-order valence-electron chi connectivity index (χ3n) is 1.18. The van der Waals surface area contributed by atoms with Crippen LogP contribution in [-0.2, 0) is 9.59 Å². The van der Waals surface area contributed by atoms with Crippen LogP contribution >= 0.6 is 23.2 Å². The summed E-state index contributed by atoms with van der Waals surface area (Å²) < 4.78 is 0. The number of carbonyl (C=O) groups is 2. The van der Waals surface area contributed by atoms with Crippen LogP contribution in [0.3, 0.4) is 0 Å². The van der Waals surface area contributed by atoms with E-state index in [0.29, 0.717) is 0 Å². The molecule has 0 aliphatic rings. The Morgan fingerprint density at radius 1 is 1.29 bits per heavy atom. The van der Waals surface area contributed by atoms with Crippen molar-refractivity contribution in [2.45, 2.75) is 11.3 Å². The molecule has 0 bridgehead atoms. The lowest BCUT2D eigenvalue weighted by atomic mass is 10.4. The van der Waals surface area contributed by atoms with Gasteiger partial charge in [0.2, 0.25) is 5.91 Å². The first-order valence-corrected chi connectivity index (χ1v) is 4.64. The minimum absolute atomic E-state index is 0.193. The normalized spacial score (nSPS) is 9.29. The van der Waals surface area contributed by atoms with Crippen LogP contribution in [0.2, 0.25) is 0 Å². The summed E-state index contributed by atoms with van der Waals surface area (Å²) in [4.78, 5) is 20.4. The number of hydrogen-bond donors (Lipinski definition) is 2. The van der Waals surface area contributed by atoms with Gasteiger partial charge in [0.15, 0.2) is 4.84 Å². The molecule has 14 heavy (non-hydrogen) atoms. The Morgan fingerprint density at radius 2 is 1.86 bits per heavy atom. The molecule has 0 fully saturated rings. The van der Waals surface area contributed by atoms with Crippen molar-refractivity contribution in [3.8, 4) is 6.07 Å². The number of halogens is 2. The third kappa shape index (κ3) is 6.52. The summed E-state index contributed by atoms with van der Waals surface area (Å²) in [6, 6.07) is 1.69. The molecule has 0 radical (unpaired) electrons. The van der Waals surface area contributed by atoms with E-state index in [-0.39, 0.29) is 25.4 Å². The maximum atomic E-state index is 10.8. The first-order chi connectivity index (χ1) is 6.57. The van der Waals surface area contributed by atoms with E-state index in [0.717, 1.165) is 0 Å². The predicted octanol–water partition coefficient (Wildman–Crippen LogP) is -0.0638. The molecule has 0 spiro atoms. The van der Waals surface area contributed by atoms with E-state index in [4.69, 9.17) is 28.5 Å². The molecule has 0 heterocycles. The molecule has 0 aliphatic heterocycles. The Labute approximate surface area is 91.4 Å². The van der Waals surface area contributed by atoms with E-state index in [1.807, 2.05) is 0 Å². The van der Waals surface area contributed by atoms with Gasteiger partial charge < -0.3 is 10.6 Å². The zero-order valence-electron chi connectivity index (χ0n) is 7.22. The van der Waals surface area contributed by atoms with Gasteiger partial charge in [0.05, 0.1) is 6.07 Å². The summed E-state index contributed by atoms with van der Waals surface area (Å²) in [5.41, 5.74) is 0. The average molecular weight is 238 g/mol. The average Bonchev–Trinajstić information content (AvgIpc) is 2.12. The molecule has 0 rings (SSSR count). The van der Waals surface area contributed by atoms with Gasteiger partial charge in [-0.1, -0.05) is 23.2 Å². The quantitative estimate of drug-likeness (QED) is 0.519. The molecule has 5 nitrogen and oxygen atoms in total. The first kappa shape index (κ1) is 13.0. The summed E-state index contributed by atoms with van der Waals surface area (Å²) >= 11 is 10.5. The van der Waals surface area contributed by atoms with Crippen LogP contribution in [0.1, 0.15) is 6.42 Å². The second-order valence-corrected chi connectivity index (χ2v) is 3.37. The Bertz CT molecular complexity index is 250. The standard InChI is InChI=1S/C7H9Cl2N3O2/c8-6(9)7(14)12-4-3-11-5(13)1-2-10/h6H,1,3-4H2,(H,11,13)(H,12,14). The van der Waals surface area contributed by atoms with Crippen molar-refractivity contribution in [3.05, 3.63) is 0 Å². The molecule has 0 saturated heterocycles. The number of alkyl halides is 2. The van der Waals surface area contributed by atoms with Crippen molar-refractivity contribution in [2.24, 2.45) is 0 Å². The highest BCUT2D eigenvalue weighted by atomic mass is 35.5. The number of carbonyl (C=O) groups excluding carboxylic acids is 2. The van der Waals surface area contributed by atoms with Gasteiger partial charge >= 0.3 is 0 Å². The second kappa shape index (κ2) is 7.42. The largest absolute Gasteiger partial charge is 0.353 e. The highest BCUT2D eigenvalue weighted by Crippen LogP contribution is 1.99. The minimum Gasteiger partial charge on any atom is -0.353 e. The molecule has 0 unspecified atom stereocenters. The van der Waals surface area contributed by atoms with E-state index in [1.54, 1.807) is 6.07 Å². The predicted molar refractivity (Wildman–Crippen MR) is 51.7 cm³/mol. The molecule has 0 saturated carbocycles. The molecule has 7 heteroatoms. The fourth-order valence-corrected chi connectivity index (χ4v) is 0.753. The summed E-state index contributed by atoms with van der Waals surface area (Å²) in [5, 5.41) is 12.9. The monoisotopic (exact) mass is 237 g/mol. The van der Waals surface area contributed by atoms with Crippen LogP contribution in [0.25, 0.3) is 0 Å². The minimum atomic E-state index is -1.11. The Kier molecular flexibility index (Phi) is 6.89. The van der Waals surface area contributed by atoms with E-state index >= 15 is 0 Å². The van der Waals surface area contributed by atoms with Crippen LogP contribution < -0.4 is 10.6 Å². The van der Waals surface area contributed by atoms with Crippen molar-refractivity contribution >= 4 is 35.0 Å². The van der Waals surface area contributed by atoms with Crippen molar-refractivity contribution < 1.29 is 9.59 Å². The number of rotatable bonds is 5. The Hall–Kier alpha value is -0.990. The van der Waals surface area contributed by atoms with E-state index in [9.17, 15) is 9.59 Å². The number of nitriles is 1. The smallest absolute Gasteiger partial charge is 0.253 e. The molecule has 0 aromatic rings. The molecule has 0 aromatic heterocycles. The number of hydrogen-bond acceptors (Lipinski definition) is 3. The Morgan fingerprint density at radius 3 is 2.36 bits per heavy atom. The van der Waals surface area contributed by atoms with Gasteiger partial charge in [-0.05, 0) is 0 Å². The molecular weight excluding hydrogens is 229 g/mol. The lowest BCUT2D eigenvalue weighted by molar-refractivity contribution is -0.121. The fourth-order valence-electron chi connectivity index (χ4n) is 0.599. The van der Waals surface area contributed by atoms with Gasteiger partial charge in [-0.3, -0.25) is 9.59 Å². The number of nitrogens with one attached hydrogen (secondary N) is 2. The highest BCUT2D eigenvalue weighted by Gasteiger charge is 2.09. The molecular formula is C7H9Cl2N3O2. The molecule has 78 valence electrons. The highest BCUT2D eigenvalue weighted by molar-refractivity contribution is 6.53. The maximum Gasteiger partial charge on any atom is 0.253 e. The summed E-state index contributed by atoms with van der Waals surface area (Å²) in [6.45, 7) is 0.471. The van der Waals surface area contributed by atoms with Gasteiger partial charge in [0.1, 0.15) is 6.42 Å². The van der Waals surface area contributed by atoms with Crippen LogP contribution in [0, 0.1) is 11.3 Å². The van der Waals surface area contributed by atoms with Gasteiger partial charge in [-0.25, -0.2) is 0 Å². The zero-order valence-corrected chi connectivity index (χ0v) is 8.73. The van der Waals surface area contributed by atoms with Crippen molar-refractivity contribution in [1.82, 2.24) is 10.6 Å². The van der Waals surface area contributed by atoms with Crippen molar-refractivity contribution in [2.75, 3.05) is 13.1 Å². The van der Waals surface area contributed by atoms with Crippen molar-refractivity contribution in [3.63, 3.8) is 0 Å². The van der Waals surface area contributed by atoms with Gasteiger partial charge in [-0.2, -0.15) is 5.26 Å². The fraction of sp³-hybridized carbons (Fsp3) is 0.571. The molecule has 0 aliphatic carbocycles. The number of amides is 2. The zero-order chi connectivity index (χ0) is 11.0. The van der Waals surface area contributed by atoms with Gasteiger partial charge in [0, 0.05) is 13.1 Å². The molecule has 2 N–H and O–H groups in total. The van der Waals surface area contributed by atoms with Crippen LogP contribution in [0.15, 0.2) is 0 Å². The summed E-state index contributed by atoms with van der Waals surface area (Å²) in [7, 11) is 0. The molecule has 2 amide bonds. The van der Waals surface area contributed by atoms with Crippen LogP contribution in [0.5, 0.6) is 0 Å². The topological polar surface area (TPSA) is 82.0 Å². The summed E-state index contributed by atoms with van der Waals surface area (Å²) in [5.74, 6) is -0.891. The SMILES string of the molecule is N#CCC(=O)NCCNC(=O)C(Cl)Cl. The molecule has 0 atom stereocenters. The molecule has 0 aromatic carbocycles. The lowest BCUT2D eigenvalue weighted by Crippen LogP contribution is -2.36. The van der Waals surface area contributed by atoms with Gasteiger partial charge in [-0.15, -0.1) is 0 Å².